The summed E-state index contributed by atoms with van der Waals surface area (Å²) in [6.45, 7) is 7.78. The lowest BCUT2D eigenvalue weighted by Gasteiger charge is -2.16. The van der Waals surface area contributed by atoms with Crippen molar-refractivity contribution in [2.45, 2.75) is 26.4 Å². The van der Waals surface area contributed by atoms with Crippen LogP contribution in [0.5, 0.6) is 0 Å². The molecule has 0 heterocycles. The zero-order valence-corrected chi connectivity index (χ0v) is 8.23. The van der Waals surface area contributed by atoms with Gasteiger partial charge in [-0.2, -0.15) is 0 Å². The minimum absolute atomic E-state index is 0.116. The molecule has 0 saturated heterocycles. The summed E-state index contributed by atoms with van der Waals surface area (Å²) >= 11 is 0. The van der Waals surface area contributed by atoms with Crippen LogP contribution in [0.3, 0.4) is 0 Å². The zero-order valence-electron chi connectivity index (χ0n) is 8.23. The molecule has 0 radical (unpaired) electrons. The van der Waals surface area contributed by atoms with E-state index >= 15 is 0 Å². The number of ether oxygens (including phenoxy) is 1. The summed E-state index contributed by atoms with van der Waals surface area (Å²) in [5.74, 6) is 0.176. The van der Waals surface area contributed by atoms with E-state index in [-0.39, 0.29) is 23.5 Å². The van der Waals surface area contributed by atoms with Crippen LogP contribution in [0.2, 0.25) is 0 Å². The normalized spacial score (nSPS) is 12.8. The SMILES string of the molecule is C=CCCOC(C[N+](=O)[O-])C(C)C. The minimum atomic E-state index is -0.335. The summed E-state index contributed by atoms with van der Waals surface area (Å²) in [5, 5.41) is 10.3. The molecule has 1 unspecified atom stereocenters. The molecular weight excluding hydrogens is 170 g/mol. The van der Waals surface area contributed by atoms with Gasteiger partial charge in [-0.3, -0.25) is 10.1 Å². The van der Waals surface area contributed by atoms with Gasteiger partial charge < -0.3 is 4.74 Å². The summed E-state index contributed by atoms with van der Waals surface area (Å²) in [7, 11) is 0. The Labute approximate surface area is 78.7 Å². The van der Waals surface area contributed by atoms with E-state index in [1.54, 1.807) is 6.08 Å². The summed E-state index contributed by atoms with van der Waals surface area (Å²) < 4.78 is 5.34. The fraction of sp³-hybridized carbons (Fsp3) is 0.778. The van der Waals surface area contributed by atoms with Crippen molar-refractivity contribution in [3.8, 4) is 0 Å². The molecule has 0 amide bonds. The molecule has 13 heavy (non-hydrogen) atoms. The Bertz CT molecular complexity index is 168. The van der Waals surface area contributed by atoms with E-state index in [2.05, 4.69) is 6.58 Å². The largest absolute Gasteiger partial charge is 0.371 e. The lowest BCUT2D eigenvalue weighted by molar-refractivity contribution is -0.493. The molecule has 0 aliphatic carbocycles. The van der Waals surface area contributed by atoms with Crippen molar-refractivity contribution in [3.63, 3.8) is 0 Å². The van der Waals surface area contributed by atoms with Gasteiger partial charge in [-0.05, 0) is 12.3 Å². The average molecular weight is 187 g/mol. The standard InChI is InChI=1S/C9H17NO3/c1-4-5-6-13-9(8(2)3)7-10(11)12/h4,8-9H,1,5-7H2,2-3H3. The Hall–Kier alpha value is -0.900. The highest BCUT2D eigenvalue weighted by Gasteiger charge is 2.19. The Morgan fingerprint density at radius 2 is 2.23 bits per heavy atom. The van der Waals surface area contributed by atoms with E-state index < -0.39 is 0 Å². The molecule has 0 bridgehead atoms. The van der Waals surface area contributed by atoms with Gasteiger partial charge in [-0.1, -0.05) is 19.9 Å². The van der Waals surface area contributed by atoms with Crippen LogP contribution in [0.1, 0.15) is 20.3 Å². The molecule has 0 N–H and O–H groups in total. The van der Waals surface area contributed by atoms with Gasteiger partial charge in [0.25, 0.3) is 0 Å². The highest BCUT2D eigenvalue weighted by Crippen LogP contribution is 2.07. The lowest BCUT2D eigenvalue weighted by atomic mass is 10.1. The second-order valence-corrected chi connectivity index (χ2v) is 3.25. The summed E-state index contributed by atoms with van der Waals surface area (Å²) in [5.41, 5.74) is 0. The van der Waals surface area contributed by atoms with Crippen LogP contribution in [0, 0.1) is 16.0 Å². The fourth-order valence-electron chi connectivity index (χ4n) is 0.906. The number of nitrogens with zero attached hydrogens (tertiary/aromatic N) is 1. The first-order valence-electron chi connectivity index (χ1n) is 4.42. The Morgan fingerprint density at radius 3 is 2.62 bits per heavy atom. The van der Waals surface area contributed by atoms with Gasteiger partial charge in [0.2, 0.25) is 6.54 Å². The molecule has 0 rings (SSSR count). The van der Waals surface area contributed by atoms with Gasteiger partial charge in [-0.15, -0.1) is 6.58 Å². The second-order valence-electron chi connectivity index (χ2n) is 3.25. The number of hydrogen-bond acceptors (Lipinski definition) is 3. The van der Waals surface area contributed by atoms with E-state index in [0.717, 1.165) is 6.42 Å². The van der Waals surface area contributed by atoms with Crippen molar-refractivity contribution in [3.05, 3.63) is 22.8 Å². The van der Waals surface area contributed by atoms with Gasteiger partial charge in [-0.25, -0.2) is 0 Å². The van der Waals surface area contributed by atoms with E-state index in [9.17, 15) is 10.1 Å². The van der Waals surface area contributed by atoms with Crippen LogP contribution in [0.15, 0.2) is 12.7 Å². The molecule has 0 aliphatic rings. The van der Waals surface area contributed by atoms with Crippen LogP contribution < -0.4 is 0 Å². The lowest BCUT2D eigenvalue weighted by Crippen LogP contribution is -2.28. The molecule has 0 aliphatic heterocycles. The Morgan fingerprint density at radius 1 is 1.62 bits per heavy atom. The molecule has 4 nitrogen and oxygen atoms in total. The van der Waals surface area contributed by atoms with Crippen LogP contribution >= 0.6 is 0 Å². The van der Waals surface area contributed by atoms with Gasteiger partial charge in [0, 0.05) is 4.92 Å². The van der Waals surface area contributed by atoms with Crippen molar-refractivity contribution in [1.29, 1.82) is 0 Å². The van der Waals surface area contributed by atoms with Gasteiger partial charge in [0.05, 0.1) is 6.61 Å². The molecule has 0 aromatic carbocycles. The smallest absolute Gasteiger partial charge is 0.229 e. The predicted molar refractivity (Wildman–Crippen MR) is 51.3 cm³/mol. The van der Waals surface area contributed by atoms with Crippen LogP contribution in [0.25, 0.3) is 0 Å². The molecular formula is C9H17NO3. The first kappa shape index (κ1) is 12.1. The van der Waals surface area contributed by atoms with E-state index in [1.165, 1.54) is 0 Å². The van der Waals surface area contributed by atoms with Crippen LogP contribution in [-0.2, 0) is 4.74 Å². The minimum Gasteiger partial charge on any atom is -0.371 e. The van der Waals surface area contributed by atoms with Crippen LogP contribution in [0.4, 0.5) is 0 Å². The average Bonchev–Trinajstić information content (AvgIpc) is 2.02. The first-order valence-corrected chi connectivity index (χ1v) is 4.42. The summed E-state index contributed by atoms with van der Waals surface area (Å²) in [6.07, 6.45) is 2.19. The van der Waals surface area contributed by atoms with E-state index in [0.29, 0.717) is 6.61 Å². The summed E-state index contributed by atoms with van der Waals surface area (Å²) in [4.78, 5) is 9.92. The molecule has 0 saturated carbocycles. The summed E-state index contributed by atoms with van der Waals surface area (Å²) in [6, 6.07) is 0. The Balaban J connectivity index is 3.80. The number of hydrogen-bond donors (Lipinski definition) is 0. The fourth-order valence-corrected chi connectivity index (χ4v) is 0.906. The third-order valence-corrected chi connectivity index (χ3v) is 1.73. The van der Waals surface area contributed by atoms with Crippen molar-refractivity contribution < 1.29 is 9.66 Å². The van der Waals surface area contributed by atoms with Gasteiger partial charge in [0.1, 0.15) is 6.10 Å². The first-order chi connectivity index (χ1) is 6.07. The monoisotopic (exact) mass is 187 g/mol. The van der Waals surface area contributed by atoms with E-state index in [1.807, 2.05) is 13.8 Å². The van der Waals surface area contributed by atoms with Gasteiger partial charge >= 0.3 is 0 Å². The van der Waals surface area contributed by atoms with Crippen LogP contribution in [-0.4, -0.2) is 24.2 Å². The van der Waals surface area contributed by atoms with Gasteiger partial charge in [0.15, 0.2) is 0 Å². The molecule has 0 spiro atoms. The molecule has 76 valence electrons. The molecule has 4 heteroatoms. The maximum absolute atomic E-state index is 10.3. The van der Waals surface area contributed by atoms with Crippen molar-refractivity contribution in [1.82, 2.24) is 0 Å². The number of nitro groups is 1. The molecule has 1 atom stereocenters. The topological polar surface area (TPSA) is 52.4 Å². The van der Waals surface area contributed by atoms with E-state index in [4.69, 9.17) is 4.74 Å². The molecule has 0 aromatic rings. The molecule has 0 aromatic heterocycles. The second kappa shape index (κ2) is 6.60. The van der Waals surface area contributed by atoms with Crippen molar-refractivity contribution in [2.75, 3.05) is 13.2 Å². The highest BCUT2D eigenvalue weighted by molar-refractivity contribution is 4.67. The third-order valence-electron chi connectivity index (χ3n) is 1.73. The van der Waals surface area contributed by atoms with Crippen molar-refractivity contribution >= 4 is 0 Å². The predicted octanol–water partition coefficient (Wildman–Crippen LogP) is 1.88. The maximum atomic E-state index is 10.3. The third kappa shape index (κ3) is 6.28. The quantitative estimate of drug-likeness (QED) is 0.264. The zero-order chi connectivity index (χ0) is 10.3. The molecule has 0 fully saturated rings. The Kier molecular flexibility index (Phi) is 6.14. The highest BCUT2D eigenvalue weighted by atomic mass is 16.6. The maximum Gasteiger partial charge on any atom is 0.229 e. The van der Waals surface area contributed by atoms with Crippen molar-refractivity contribution in [2.24, 2.45) is 5.92 Å². The number of rotatable bonds is 7.